The first kappa shape index (κ1) is 32.0. The van der Waals surface area contributed by atoms with E-state index in [2.05, 4.69) is 21.9 Å². The summed E-state index contributed by atoms with van der Waals surface area (Å²) in [5.74, 6) is 2.95. The van der Waals surface area contributed by atoms with Crippen LogP contribution in [0.25, 0.3) is 0 Å². The first-order chi connectivity index (χ1) is 18.2. The van der Waals surface area contributed by atoms with Gasteiger partial charge in [-0.05, 0) is 68.6 Å². The van der Waals surface area contributed by atoms with Crippen LogP contribution in [0.15, 0.2) is 24.3 Å². The van der Waals surface area contributed by atoms with Gasteiger partial charge in [-0.2, -0.15) is 0 Å². The highest BCUT2D eigenvalue weighted by atomic mass is 16.5. The van der Waals surface area contributed by atoms with Gasteiger partial charge in [0.25, 0.3) is 0 Å². The highest BCUT2D eigenvalue weighted by Crippen LogP contribution is 2.29. The number of nitrogens with one attached hydrogen (secondary N) is 3. The third kappa shape index (κ3) is 8.91. The van der Waals surface area contributed by atoms with E-state index >= 15 is 0 Å². The topological polar surface area (TPSA) is 99.8 Å². The van der Waals surface area contributed by atoms with Gasteiger partial charge < -0.3 is 25.6 Å². The minimum atomic E-state index is -0.810. The minimum Gasteiger partial charge on any atom is -0.497 e. The van der Waals surface area contributed by atoms with Crippen molar-refractivity contribution in [3.8, 4) is 18.1 Å². The van der Waals surface area contributed by atoms with E-state index in [4.69, 9.17) is 11.2 Å². The number of terminal acetylenes is 1. The molecule has 1 heterocycles. The molecule has 216 valence electrons. The Balaban J connectivity index is 2.17. The second-order valence-corrected chi connectivity index (χ2v) is 12.2. The van der Waals surface area contributed by atoms with Gasteiger partial charge in [0, 0.05) is 24.5 Å². The van der Waals surface area contributed by atoms with Gasteiger partial charge in [0.05, 0.1) is 7.11 Å². The molecule has 0 aromatic heterocycles. The highest BCUT2D eigenvalue weighted by Gasteiger charge is 2.45. The zero-order valence-corrected chi connectivity index (χ0v) is 25.0. The molecule has 8 heteroatoms. The van der Waals surface area contributed by atoms with Gasteiger partial charge >= 0.3 is 6.03 Å². The molecule has 1 aliphatic heterocycles. The van der Waals surface area contributed by atoms with Crippen molar-refractivity contribution in [1.29, 1.82) is 0 Å². The van der Waals surface area contributed by atoms with E-state index in [-0.39, 0.29) is 23.8 Å². The summed E-state index contributed by atoms with van der Waals surface area (Å²) in [6.07, 6.45) is 8.63. The second kappa shape index (κ2) is 13.7. The quantitative estimate of drug-likeness (QED) is 0.365. The van der Waals surface area contributed by atoms with Gasteiger partial charge in [-0.25, -0.2) is 4.79 Å². The smallest absolute Gasteiger partial charge is 0.315 e. The number of methoxy groups -OCH3 is 1. The second-order valence-electron chi connectivity index (χ2n) is 12.2. The molecule has 4 amide bonds. The summed E-state index contributed by atoms with van der Waals surface area (Å²) in [7, 11) is 1.63. The Hall–Kier alpha value is -3.21. The number of nitrogens with zero attached hydrogens (tertiary/aromatic N) is 1. The van der Waals surface area contributed by atoms with Gasteiger partial charge in [0.15, 0.2) is 0 Å². The minimum absolute atomic E-state index is 0.00877. The number of urea groups is 1. The van der Waals surface area contributed by atoms with Crippen molar-refractivity contribution in [2.24, 2.45) is 11.3 Å². The largest absolute Gasteiger partial charge is 0.497 e. The Labute approximate surface area is 235 Å². The zero-order valence-electron chi connectivity index (χ0n) is 25.0. The first-order valence-electron chi connectivity index (χ1n) is 14.0. The maximum atomic E-state index is 13.9. The molecule has 1 aromatic rings. The molecular weight excluding hydrogens is 492 g/mol. The van der Waals surface area contributed by atoms with E-state index in [1.807, 2.05) is 72.7 Å². The van der Waals surface area contributed by atoms with Crippen molar-refractivity contribution >= 4 is 17.8 Å². The molecule has 0 spiro atoms. The predicted molar refractivity (Wildman–Crippen MR) is 155 cm³/mol. The lowest BCUT2D eigenvalue weighted by Crippen LogP contribution is -2.61. The van der Waals surface area contributed by atoms with E-state index in [0.717, 1.165) is 17.7 Å². The number of hydrogen-bond donors (Lipinski definition) is 3. The fraction of sp³-hybridized carbons (Fsp3) is 0.645. The van der Waals surface area contributed by atoms with Gasteiger partial charge in [0.2, 0.25) is 11.8 Å². The van der Waals surface area contributed by atoms with Crippen LogP contribution in [0.3, 0.4) is 0 Å². The zero-order chi connectivity index (χ0) is 29.4. The lowest BCUT2D eigenvalue weighted by molar-refractivity contribution is -0.142. The van der Waals surface area contributed by atoms with Crippen LogP contribution in [0.1, 0.15) is 79.7 Å². The third-order valence-electron chi connectivity index (χ3n) is 7.67. The van der Waals surface area contributed by atoms with E-state index in [1.54, 1.807) is 12.0 Å². The van der Waals surface area contributed by atoms with E-state index in [9.17, 15) is 14.4 Å². The van der Waals surface area contributed by atoms with E-state index in [1.165, 1.54) is 0 Å². The molecule has 1 saturated heterocycles. The van der Waals surface area contributed by atoms with Crippen LogP contribution in [0.4, 0.5) is 4.79 Å². The molecule has 1 aromatic carbocycles. The fourth-order valence-electron chi connectivity index (χ4n) is 5.04. The lowest BCUT2D eigenvalue weighted by atomic mass is 9.85. The average molecular weight is 541 g/mol. The van der Waals surface area contributed by atoms with Gasteiger partial charge in [0.1, 0.15) is 17.8 Å². The highest BCUT2D eigenvalue weighted by molar-refractivity contribution is 5.93. The monoisotopic (exact) mass is 540 g/mol. The summed E-state index contributed by atoms with van der Waals surface area (Å²) in [6, 6.07) is 5.88. The number of amides is 4. The summed E-state index contributed by atoms with van der Waals surface area (Å²) < 4.78 is 5.34. The van der Waals surface area contributed by atoms with Crippen LogP contribution in [0.5, 0.6) is 5.75 Å². The van der Waals surface area contributed by atoms with Gasteiger partial charge in [-0.15, -0.1) is 12.3 Å². The van der Waals surface area contributed by atoms with Crippen molar-refractivity contribution in [3.05, 3.63) is 29.8 Å². The Morgan fingerprint density at radius 2 is 1.90 bits per heavy atom. The molecule has 1 aliphatic rings. The van der Waals surface area contributed by atoms with Crippen LogP contribution >= 0.6 is 0 Å². The molecular formula is C31H48N4O4. The number of hydrogen-bond acceptors (Lipinski definition) is 4. The normalized spacial score (nSPS) is 20.2. The fourth-order valence-corrected chi connectivity index (χ4v) is 5.04. The Morgan fingerprint density at radius 1 is 1.21 bits per heavy atom. The van der Waals surface area contributed by atoms with Crippen molar-refractivity contribution in [1.82, 2.24) is 20.9 Å². The maximum absolute atomic E-state index is 13.9. The molecule has 0 bridgehead atoms. The summed E-state index contributed by atoms with van der Waals surface area (Å²) in [4.78, 5) is 42.1. The molecule has 5 unspecified atom stereocenters. The first-order valence-corrected chi connectivity index (χ1v) is 14.0. The van der Waals surface area contributed by atoms with E-state index < -0.39 is 29.1 Å². The van der Waals surface area contributed by atoms with Crippen LogP contribution < -0.4 is 20.7 Å². The molecule has 1 fully saturated rings. The number of likely N-dealkylation sites (tertiary alicyclic amines) is 1. The number of carbonyl (C=O) groups excluding carboxylic acids is 3. The summed E-state index contributed by atoms with van der Waals surface area (Å²) >= 11 is 0. The molecule has 0 radical (unpaired) electrons. The van der Waals surface area contributed by atoms with Gasteiger partial charge in [-0.3, -0.25) is 9.59 Å². The molecule has 0 saturated carbocycles. The SMILES string of the molecule is C#CCCC(C)NC(=O)C1C(C)CCN1C(=O)C(NC(=O)NC(C)(CC)Cc1cccc(OC)c1)C(C)(C)C. The number of benzene rings is 1. The van der Waals surface area contributed by atoms with Crippen LogP contribution in [0.2, 0.25) is 0 Å². The van der Waals surface area contributed by atoms with Crippen molar-refractivity contribution in [2.75, 3.05) is 13.7 Å². The van der Waals surface area contributed by atoms with Crippen LogP contribution in [-0.2, 0) is 16.0 Å². The van der Waals surface area contributed by atoms with E-state index in [0.29, 0.717) is 32.2 Å². The maximum Gasteiger partial charge on any atom is 0.315 e. The number of carbonyl (C=O) groups is 3. The van der Waals surface area contributed by atoms with Crippen molar-refractivity contribution < 1.29 is 19.1 Å². The molecule has 39 heavy (non-hydrogen) atoms. The van der Waals surface area contributed by atoms with Crippen molar-refractivity contribution in [2.45, 2.75) is 104 Å². The molecule has 0 aliphatic carbocycles. The summed E-state index contributed by atoms with van der Waals surface area (Å²) in [5, 5.41) is 9.09. The number of rotatable bonds is 11. The lowest BCUT2D eigenvalue weighted by Gasteiger charge is -2.37. The summed E-state index contributed by atoms with van der Waals surface area (Å²) in [5.41, 5.74) is -0.0727. The Bertz CT molecular complexity index is 1040. The molecule has 3 N–H and O–H groups in total. The molecule has 5 atom stereocenters. The summed E-state index contributed by atoms with van der Waals surface area (Å²) in [6.45, 7) is 14.1. The predicted octanol–water partition coefficient (Wildman–Crippen LogP) is 4.28. The molecule has 8 nitrogen and oxygen atoms in total. The third-order valence-corrected chi connectivity index (χ3v) is 7.67. The van der Waals surface area contributed by atoms with Crippen LogP contribution in [-0.4, -0.2) is 60.1 Å². The average Bonchev–Trinajstić information content (AvgIpc) is 3.26. The Kier molecular flexibility index (Phi) is 11.3. The number of ether oxygens (including phenoxy) is 1. The van der Waals surface area contributed by atoms with Gasteiger partial charge in [-0.1, -0.05) is 46.8 Å². The standard InChI is InChI=1S/C31H48N4O4/c1-10-12-14-22(4)32-27(36)25-21(3)17-18-35(25)28(37)26(30(5,6)7)33-29(38)34-31(8,11-2)20-23-15-13-16-24(19-23)39-9/h1,13,15-16,19,21-22,25-26H,11-12,14,17-18,20H2,2-9H3,(H,32,36)(H2,33,34,38). The molecule has 2 rings (SSSR count). The van der Waals surface area contributed by atoms with Crippen molar-refractivity contribution in [3.63, 3.8) is 0 Å². The van der Waals surface area contributed by atoms with Crippen LogP contribution in [0, 0.1) is 23.7 Å². The Morgan fingerprint density at radius 3 is 2.49 bits per heavy atom.